The van der Waals surface area contributed by atoms with Crippen molar-refractivity contribution in [2.75, 3.05) is 19.5 Å². The number of para-hydroxylation sites is 1. The Labute approximate surface area is 162 Å². The second-order valence-corrected chi connectivity index (χ2v) is 6.31. The minimum absolute atomic E-state index is 0.128. The third kappa shape index (κ3) is 4.60. The summed E-state index contributed by atoms with van der Waals surface area (Å²) in [5.74, 6) is 1.78. The van der Waals surface area contributed by atoms with Crippen LogP contribution in [0, 0.1) is 0 Å². The number of anilines is 1. The molecule has 140 valence electrons. The first-order valence-corrected chi connectivity index (χ1v) is 8.74. The van der Waals surface area contributed by atoms with Crippen LogP contribution in [0.3, 0.4) is 0 Å². The number of hydrogen-bond donors (Lipinski definition) is 1. The molecule has 0 atom stereocenters. The van der Waals surface area contributed by atoms with E-state index in [-0.39, 0.29) is 12.3 Å². The van der Waals surface area contributed by atoms with E-state index in [1.165, 1.54) is 0 Å². The molecular formula is C20H20ClN3O3. The highest BCUT2D eigenvalue weighted by Crippen LogP contribution is 2.31. The van der Waals surface area contributed by atoms with Gasteiger partial charge in [-0.25, -0.2) is 4.68 Å². The summed E-state index contributed by atoms with van der Waals surface area (Å²) in [5, 5.41) is 7.84. The van der Waals surface area contributed by atoms with E-state index >= 15 is 0 Å². The standard InChI is InChI=1S/C20H20ClN3O3/c1-26-17-5-3-4-15(20(17)27-2)13-24-18(10-11-22-24)23-19(25)12-14-6-8-16(21)9-7-14/h3-11H,12-13H2,1-2H3,(H,23,25). The fourth-order valence-corrected chi connectivity index (χ4v) is 2.91. The Balaban J connectivity index is 1.73. The summed E-state index contributed by atoms with van der Waals surface area (Å²) in [5.41, 5.74) is 1.78. The van der Waals surface area contributed by atoms with Gasteiger partial charge in [0.05, 0.1) is 33.4 Å². The lowest BCUT2D eigenvalue weighted by Gasteiger charge is -2.14. The maximum absolute atomic E-state index is 12.4. The molecular weight excluding hydrogens is 366 g/mol. The van der Waals surface area contributed by atoms with Crippen molar-refractivity contribution in [1.82, 2.24) is 9.78 Å². The minimum atomic E-state index is -0.128. The predicted molar refractivity (Wildman–Crippen MR) is 105 cm³/mol. The van der Waals surface area contributed by atoms with Gasteiger partial charge in [0.1, 0.15) is 5.82 Å². The van der Waals surface area contributed by atoms with Gasteiger partial charge in [-0.05, 0) is 23.8 Å². The third-order valence-electron chi connectivity index (χ3n) is 4.07. The monoisotopic (exact) mass is 385 g/mol. The Morgan fingerprint density at radius 3 is 2.59 bits per heavy atom. The van der Waals surface area contributed by atoms with Crippen LogP contribution in [-0.2, 0) is 17.8 Å². The molecule has 3 rings (SSSR count). The average molecular weight is 386 g/mol. The molecule has 0 aliphatic carbocycles. The second kappa shape index (κ2) is 8.60. The van der Waals surface area contributed by atoms with Gasteiger partial charge in [0.15, 0.2) is 11.5 Å². The Bertz CT molecular complexity index is 922. The molecule has 3 aromatic rings. The van der Waals surface area contributed by atoms with Gasteiger partial charge in [-0.15, -0.1) is 0 Å². The van der Waals surface area contributed by atoms with Crippen LogP contribution in [0.1, 0.15) is 11.1 Å². The third-order valence-corrected chi connectivity index (χ3v) is 4.32. The van der Waals surface area contributed by atoms with Gasteiger partial charge in [-0.3, -0.25) is 4.79 Å². The van der Waals surface area contributed by atoms with Crippen LogP contribution in [0.4, 0.5) is 5.82 Å². The molecule has 0 saturated carbocycles. The number of aromatic nitrogens is 2. The highest BCUT2D eigenvalue weighted by Gasteiger charge is 2.13. The summed E-state index contributed by atoms with van der Waals surface area (Å²) in [4.78, 5) is 12.4. The van der Waals surface area contributed by atoms with Crippen LogP contribution in [0.2, 0.25) is 5.02 Å². The number of rotatable bonds is 7. The Hall–Kier alpha value is -2.99. The average Bonchev–Trinajstić information content (AvgIpc) is 3.09. The molecule has 7 heteroatoms. The van der Waals surface area contributed by atoms with Gasteiger partial charge >= 0.3 is 0 Å². The molecule has 0 bridgehead atoms. The van der Waals surface area contributed by atoms with E-state index in [2.05, 4.69) is 10.4 Å². The number of carbonyl (C=O) groups excluding carboxylic acids is 1. The van der Waals surface area contributed by atoms with Crippen molar-refractivity contribution in [3.63, 3.8) is 0 Å². The zero-order chi connectivity index (χ0) is 19.2. The molecule has 6 nitrogen and oxygen atoms in total. The van der Waals surface area contributed by atoms with Crippen molar-refractivity contribution in [2.24, 2.45) is 0 Å². The molecule has 1 amide bonds. The highest BCUT2D eigenvalue weighted by atomic mass is 35.5. The van der Waals surface area contributed by atoms with Gasteiger partial charge < -0.3 is 14.8 Å². The van der Waals surface area contributed by atoms with Crippen LogP contribution in [-0.4, -0.2) is 29.9 Å². The Morgan fingerprint density at radius 1 is 1.11 bits per heavy atom. The molecule has 0 radical (unpaired) electrons. The smallest absolute Gasteiger partial charge is 0.229 e. The molecule has 2 aromatic carbocycles. The van der Waals surface area contributed by atoms with Gasteiger partial charge in [0.25, 0.3) is 0 Å². The van der Waals surface area contributed by atoms with Crippen molar-refractivity contribution in [3.8, 4) is 11.5 Å². The molecule has 0 saturated heterocycles. The molecule has 1 heterocycles. The first kappa shape index (κ1) is 18.8. The van der Waals surface area contributed by atoms with Gasteiger partial charge in [-0.2, -0.15) is 5.10 Å². The topological polar surface area (TPSA) is 65.4 Å². The predicted octanol–water partition coefficient (Wildman–Crippen LogP) is 3.78. The van der Waals surface area contributed by atoms with E-state index in [4.69, 9.17) is 21.1 Å². The summed E-state index contributed by atoms with van der Waals surface area (Å²) in [6, 6.07) is 14.6. The number of nitrogens with zero attached hydrogens (tertiary/aromatic N) is 2. The van der Waals surface area contributed by atoms with Gasteiger partial charge in [-0.1, -0.05) is 35.9 Å². The molecule has 1 aromatic heterocycles. The molecule has 0 unspecified atom stereocenters. The first-order valence-electron chi connectivity index (χ1n) is 8.36. The fraction of sp³-hybridized carbons (Fsp3) is 0.200. The van der Waals surface area contributed by atoms with E-state index < -0.39 is 0 Å². The van der Waals surface area contributed by atoms with Crippen LogP contribution in [0.5, 0.6) is 11.5 Å². The zero-order valence-corrected chi connectivity index (χ0v) is 15.9. The number of carbonyl (C=O) groups is 1. The van der Waals surface area contributed by atoms with Crippen molar-refractivity contribution in [1.29, 1.82) is 0 Å². The van der Waals surface area contributed by atoms with Crippen molar-refractivity contribution >= 4 is 23.3 Å². The number of ether oxygens (including phenoxy) is 2. The highest BCUT2D eigenvalue weighted by molar-refractivity contribution is 6.30. The lowest BCUT2D eigenvalue weighted by molar-refractivity contribution is -0.115. The van der Waals surface area contributed by atoms with Crippen molar-refractivity contribution in [3.05, 3.63) is 70.9 Å². The van der Waals surface area contributed by atoms with Crippen LogP contribution in [0.15, 0.2) is 54.7 Å². The summed E-state index contributed by atoms with van der Waals surface area (Å²) < 4.78 is 12.5. The van der Waals surface area contributed by atoms with Crippen LogP contribution >= 0.6 is 11.6 Å². The number of amides is 1. The van der Waals surface area contributed by atoms with E-state index in [1.54, 1.807) is 43.3 Å². The number of benzene rings is 2. The number of halogens is 1. The van der Waals surface area contributed by atoms with E-state index in [9.17, 15) is 4.79 Å². The lowest BCUT2D eigenvalue weighted by Crippen LogP contribution is -2.18. The van der Waals surface area contributed by atoms with Crippen LogP contribution < -0.4 is 14.8 Å². The van der Waals surface area contributed by atoms with Crippen molar-refractivity contribution < 1.29 is 14.3 Å². The summed E-state index contributed by atoms with van der Waals surface area (Å²) >= 11 is 5.88. The normalized spacial score (nSPS) is 10.5. The quantitative estimate of drug-likeness (QED) is 0.672. The Morgan fingerprint density at radius 2 is 1.89 bits per heavy atom. The Kier molecular flexibility index (Phi) is 5.98. The fourth-order valence-electron chi connectivity index (χ4n) is 2.78. The first-order chi connectivity index (χ1) is 13.1. The SMILES string of the molecule is COc1cccc(Cn2nccc2NC(=O)Cc2ccc(Cl)cc2)c1OC. The number of nitrogens with one attached hydrogen (secondary N) is 1. The van der Waals surface area contributed by atoms with Crippen LogP contribution in [0.25, 0.3) is 0 Å². The number of methoxy groups -OCH3 is 2. The largest absolute Gasteiger partial charge is 0.493 e. The second-order valence-electron chi connectivity index (χ2n) is 5.88. The molecule has 0 spiro atoms. The maximum Gasteiger partial charge on any atom is 0.229 e. The van der Waals surface area contributed by atoms with Gasteiger partial charge in [0, 0.05) is 16.7 Å². The van der Waals surface area contributed by atoms with Crippen molar-refractivity contribution in [2.45, 2.75) is 13.0 Å². The molecule has 0 fully saturated rings. The maximum atomic E-state index is 12.4. The molecule has 0 aliphatic heterocycles. The van der Waals surface area contributed by atoms with E-state index in [1.807, 2.05) is 30.3 Å². The lowest BCUT2D eigenvalue weighted by atomic mass is 10.1. The molecule has 27 heavy (non-hydrogen) atoms. The summed E-state index contributed by atoms with van der Waals surface area (Å²) in [7, 11) is 3.19. The molecule has 1 N–H and O–H groups in total. The van der Waals surface area contributed by atoms with E-state index in [0.29, 0.717) is 28.9 Å². The van der Waals surface area contributed by atoms with Gasteiger partial charge in [0.2, 0.25) is 5.91 Å². The van der Waals surface area contributed by atoms with E-state index in [0.717, 1.165) is 11.1 Å². The number of hydrogen-bond acceptors (Lipinski definition) is 4. The molecule has 0 aliphatic rings. The minimum Gasteiger partial charge on any atom is -0.493 e. The summed E-state index contributed by atoms with van der Waals surface area (Å²) in [6.07, 6.45) is 1.90. The summed E-state index contributed by atoms with van der Waals surface area (Å²) in [6.45, 7) is 0.434. The zero-order valence-electron chi connectivity index (χ0n) is 15.1.